The van der Waals surface area contributed by atoms with E-state index < -0.39 is 0 Å². The predicted molar refractivity (Wildman–Crippen MR) is 85.4 cm³/mol. The highest BCUT2D eigenvalue weighted by atomic mass is 15.4. The van der Waals surface area contributed by atoms with Gasteiger partial charge in [-0.25, -0.2) is 5.84 Å². The molecular formula is C13H26N8. The summed E-state index contributed by atoms with van der Waals surface area (Å²) in [6, 6.07) is 0. The molecule has 1 aromatic rings. The lowest BCUT2D eigenvalue weighted by atomic mass is 10.4. The normalized spacial score (nSPS) is 14.8. The van der Waals surface area contributed by atoms with E-state index in [4.69, 9.17) is 5.84 Å². The monoisotopic (exact) mass is 294 g/mol. The molecule has 1 fully saturated rings. The average Bonchev–Trinajstić information content (AvgIpc) is 3.05. The Bertz CT molecular complexity index is 428. The summed E-state index contributed by atoms with van der Waals surface area (Å²) >= 11 is 0. The molecule has 1 aromatic heterocycles. The summed E-state index contributed by atoms with van der Waals surface area (Å²) in [4.78, 5) is 17.6. The molecule has 21 heavy (non-hydrogen) atoms. The van der Waals surface area contributed by atoms with Gasteiger partial charge in [-0.3, -0.25) is 5.43 Å². The molecule has 0 radical (unpaired) electrons. The molecule has 0 spiro atoms. The van der Waals surface area contributed by atoms with E-state index in [1.165, 1.54) is 12.8 Å². The third-order valence-corrected chi connectivity index (χ3v) is 3.75. The lowest BCUT2D eigenvalue weighted by Crippen LogP contribution is -2.29. The first-order valence-corrected chi connectivity index (χ1v) is 7.70. The number of aromatic nitrogens is 3. The number of hydrazine groups is 1. The molecule has 8 heteroatoms. The van der Waals surface area contributed by atoms with Gasteiger partial charge in [0.05, 0.1) is 0 Å². The summed E-state index contributed by atoms with van der Waals surface area (Å²) in [5.41, 5.74) is 2.51. The molecule has 0 amide bonds. The molecular weight excluding hydrogens is 268 g/mol. The fraction of sp³-hybridized carbons (Fsp3) is 0.769. The van der Waals surface area contributed by atoms with Crippen LogP contribution in [0.1, 0.15) is 26.7 Å². The topological polar surface area (TPSA) is 95.2 Å². The van der Waals surface area contributed by atoms with Crippen LogP contribution in [0.3, 0.4) is 0 Å². The third-order valence-electron chi connectivity index (χ3n) is 3.75. The second-order valence-corrected chi connectivity index (χ2v) is 5.07. The van der Waals surface area contributed by atoms with Crippen LogP contribution in [0.4, 0.5) is 17.8 Å². The van der Waals surface area contributed by atoms with Crippen LogP contribution in [0.5, 0.6) is 0 Å². The minimum absolute atomic E-state index is 0.400. The number of rotatable bonds is 8. The zero-order chi connectivity index (χ0) is 15.1. The number of likely N-dealkylation sites (N-methyl/N-ethyl adjacent to an activating group) is 1. The van der Waals surface area contributed by atoms with Crippen LogP contribution in [0.25, 0.3) is 0 Å². The molecule has 2 rings (SSSR count). The molecule has 1 aliphatic heterocycles. The van der Waals surface area contributed by atoms with Crippen molar-refractivity contribution in [2.75, 3.05) is 54.9 Å². The largest absolute Gasteiger partial charge is 0.353 e. The minimum atomic E-state index is 0.400. The van der Waals surface area contributed by atoms with Crippen molar-refractivity contribution in [2.24, 2.45) is 5.84 Å². The molecule has 0 aliphatic carbocycles. The highest BCUT2D eigenvalue weighted by Crippen LogP contribution is 2.18. The van der Waals surface area contributed by atoms with E-state index in [0.29, 0.717) is 17.8 Å². The summed E-state index contributed by atoms with van der Waals surface area (Å²) in [6.45, 7) is 10.2. The van der Waals surface area contributed by atoms with Crippen molar-refractivity contribution in [2.45, 2.75) is 26.7 Å². The van der Waals surface area contributed by atoms with Crippen LogP contribution in [0.2, 0.25) is 0 Å². The predicted octanol–water partition coefficient (Wildman–Crippen LogP) is 0.511. The van der Waals surface area contributed by atoms with Crippen LogP contribution in [-0.4, -0.2) is 59.1 Å². The van der Waals surface area contributed by atoms with Gasteiger partial charge in [0.15, 0.2) is 0 Å². The fourth-order valence-corrected chi connectivity index (χ4v) is 2.43. The van der Waals surface area contributed by atoms with Crippen LogP contribution in [0, 0.1) is 0 Å². The quantitative estimate of drug-likeness (QED) is 0.471. The van der Waals surface area contributed by atoms with Gasteiger partial charge in [-0.15, -0.1) is 0 Å². The van der Waals surface area contributed by atoms with Crippen molar-refractivity contribution >= 4 is 17.8 Å². The number of nitrogens with zero attached hydrogens (tertiary/aromatic N) is 5. The first kappa shape index (κ1) is 15.7. The number of anilines is 3. The van der Waals surface area contributed by atoms with Crippen molar-refractivity contribution in [1.82, 2.24) is 19.9 Å². The Morgan fingerprint density at radius 2 is 1.76 bits per heavy atom. The molecule has 118 valence electrons. The van der Waals surface area contributed by atoms with Gasteiger partial charge in [-0.05, 0) is 25.9 Å². The average molecular weight is 294 g/mol. The van der Waals surface area contributed by atoms with E-state index in [0.717, 1.165) is 39.3 Å². The Kier molecular flexibility index (Phi) is 5.94. The maximum atomic E-state index is 5.45. The van der Waals surface area contributed by atoms with E-state index in [9.17, 15) is 0 Å². The molecule has 1 aliphatic rings. The van der Waals surface area contributed by atoms with Crippen LogP contribution in [-0.2, 0) is 0 Å². The molecule has 0 aromatic carbocycles. The van der Waals surface area contributed by atoms with E-state index in [-0.39, 0.29) is 0 Å². The van der Waals surface area contributed by atoms with E-state index in [2.05, 4.69) is 49.3 Å². The number of hydrogen-bond acceptors (Lipinski definition) is 8. The number of nitrogens with one attached hydrogen (secondary N) is 2. The summed E-state index contributed by atoms with van der Waals surface area (Å²) in [5, 5.41) is 3.26. The van der Waals surface area contributed by atoms with Crippen molar-refractivity contribution in [3.05, 3.63) is 0 Å². The summed E-state index contributed by atoms with van der Waals surface area (Å²) < 4.78 is 0. The molecule has 2 heterocycles. The Hall–Kier alpha value is -1.67. The third kappa shape index (κ3) is 4.40. The van der Waals surface area contributed by atoms with Gasteiger partial charge in [-0.1, -0.05) is 13.8 Å². The van der Waals surface area contributed by atoms with Crippen LogP contribution in [0.15, 0.2) is 0 Å². The second-order valence-electron chi connectivity index (χ2n) is 5.07. The lowest BCUT2D eigenvalue weighted by molar-refractivity contribution is 0.316. The van der Waals surface area contributed by atoms with E-state index in [1.807, 2.05) is 0 Å². The smallest absolute Gasteiger partial charge is 0.243 e. The number of hydrogen-bond donors (Lipinski definition) is 3. The molecule has 1 saturated heterocycles. The van der Waals surface area contributed by atoms with Crippen molar-refractivity contribution in [1.29, 1.82) is 0 Å². The van der Waals surface area contributed by atoms with Gasteiger partial charge >= 0.3 is 0 Å². The Morgan fingerprint density at radius 3 is 2.38 bits per heavy atom. The van der Waals surface area contributed by atoms with Gasteiger partial charge in [-0.2, -0.15) is 15.0 Å². The van der Waals surface area contributed by atoms with E-state index in [1.54, 1.807) is 0 Å². The maximum Gasteiger partial charge on any atom is 0.243 e. The van der Waals surface area contributed by atoms with Crippen molar-refractivity contribution in [3.63, 3.8) is 0 Å². The maximum absolute atomic E-state index is 5.45. The number of nitrogen functional groups attached to an aromatic ring is 1. The summed E-state index contributed by atoms with van der Waals surface area (Å²) in [7, 11) is 0. The summed E-state index contributed by atoms with van der Waals surface area (Å²) in [5.74, 6) is 7.12. The Balaban J connectivity index is 1.99. The van der Waals surface area contributed by atoms with Gasteiger partial charge in [0, 0.05) is 26.2 Å². The Labute approximate surface area is 126 Å². The van der Waals surface area contributed by atoms with Crippen molar-refractivity contribution < 1.29 is 0 Å². The summed E-state index contributed by atoms with van der Waals surface area (Å²) in [6.07, 6.45) is 2.36. The second kappa shape index (κ2) is 7.94. The molecule has 4 N–H and O–H groups in total. The van der Waals surface area contributed by atoms with Gasteiger partial charge in [0.1, 0.15) is 0 Å². The zero-order valence-corrected chi connectivity index (χ0v) is 13.0. The minimum Gasteiger partial charge on any atom is -0.353 e. The van der Waals surface area contributed by atoms with Crippen LogP contribution < -0.4 is 21.5 Å². The van der Waals surface area contributed by atoms with Crippen LogP contribution >= 0.6 is 0 Å². The SMILES string of the molecule is CCN(CC)CCNc1nc(NN)nc(N2CCCC2)n1. The molecule has 0 saturated carbocycles. The van der Waals surface area contributed by atoms with Gasteiger partial charge in [0.25, 0.3) is 0 Å². The first-order valence-electron chi connectivity index (χ1n) is 7.70. The fourth-order valence-electron chi connectivity index (χ4n) is 2.43. The van der Waals surface area contributed by atoms with Gasteiger partial charge < -0.3 is 15.1 Å². The van der Waals surface area contributed by atoms with Gasteiger partial charge in [0.2, 0.25) is 17.8 Å². The highest BCUT2D eigenvalue weighted by molar-refractivity contribution is 5.43. The highest BCUT2D eigenvalue weighted by Gasteiger charge is 2.17. The number of nitrogens with two attached hydrogens (primary N) is 1. The van der Waals surface area contributed by atoms with Crippen molar-refractivity contribution in [3.8, 4) is 0 Å². The molecule has 8 nitrogen and oxygen atoms in total. The standard InChI is InChI=1S/C13H26N8/c1-3-20(4-2)10-7-15-11-16-12(19-14)18-13(17-11)21-8-5-6-9-21/h3-10,14H2,1-2H3,(H2,15,16,17,18,19). The Morgan fingerprint density at radius 1 is 1.10 bits per heavy atom. The zero-order valence-electron chi connectivity index (χ0n) is 13.0. The first-order chi connectivity index (χ1) is 10.3. The molecule has 0 bridgehead atoms. The molecule has 0 atom stereocenters. The van der Waals surface area contributed by atoms with E-state index >= 15 is 0 Å². The lowest BCUT2D eigenvalue weighted by Gasteiger charge is -2.19. The molecule has 0 unspecified atom stereocenters.